The zero-order chi connectivity index (χ0) is 7.84. The van der Waals surface area contributed by atoms with Crippen LogP contribution in [0.3, 0.4) is 0 Å². The summed E-state index contributed by atoms with van der Waals surface area (Å²) in [6, 6.07) is 0.566. The van der Waals surface area contributed by atoms with Gasteiger partial charge in [0.2, 0.25) is 5.91 Å². The third-order valence-corrected chi connectivity index (χ3v) is 2.52. The Kier molecular flexibility index (Phi) is 1.60. The number of hydrogen-bond acceptors (Lipinski definition) is 2. The van der Waals surface area contributed by atoms with Crippen molar-refractivity contribution in [3.05, 3.63) is 0 Å². The summed E-state index contributed by atoms with van der Waals surface area (Å²) < 4.78 is 0. The highest BCUT2D eigenvalue weighted by atomic mass is 16.2. The van der Waals surface area contributed by atoms with Gasteiger partial charge >= 0.3 is 0 Å². The maximum absolute atomic E-state index is 11.5. The van der Waals surface area contributed by atoms with Crippen LogP contribution in [0, 0.1) is 0 Å². The fraction of sp³-hybridized carbons (Fsp3) is 0.875. The van der Waals surface area contributed by atoms with Crippen molar-refractivity contribution < 1.29 is 4.79 Å². The standard InChI is InChI=1S/C8H14N2O/c1-6-7(9-6)8(11)10-4-2-3-5-10/h6-7,9H,2-5H2,1H3/t6-,7-/m0/s1. The molecule has 0 bridgehead atoms. The first-order valence-corrected chi connectivity index (χ1v) is 4.34. The monoisotopic (exact) mass is 154 g/mol. The molecule has 0 aromatic carbocycles. The smallest absolute Gasteiger partial charge is 0.241 e. The summed E-state index contributed by atoms with van der Waals surface area (Å²) in [5.41, 5.74) is 0. The van der Waals surface area contributed by atoms with Gasteiger partial charge in [0.1, 0.15) is 6.04 Å². The van der Waals surface area contributed by atoms with Crippen LogP contribution in [-0.4, -0.2) is 36.0 Å². The SMILES string of the molecule is C[C@@H]1N[C@@H]1C(=O)N1CCCC1. The first-order chi connectivity index (χ1) is 5.29. The highest BCUT2D eigenvalue weighted by molar-refractivity contribution is 5.85. The van der Waals surface area contributed by atoms with Crippen LogP contribution in [0.4, 0.5) is 0 Å². The third kappa shape index (κ3) is 1.25. The number of carbonyl (C=O) groups excluding carboxylic acids is 1. The number of rotatable bonds is 1. The van der Waals surface area contributed by atoms with Gasteiger partial charge in [0, 0.05) is 19.1 Å². The lowest BCUT2D eigenvalue weighted by molar-refractivity contribution is -0.129. The van der Waals surface area contributed by atoms with E-state index in [-0.39, 0.29) is 6.04 Å². The molecule has 2 atom stereocenters. The van der Waals surface area contributed by atoms with Gasteiger partial charge in [-0.05, 0) is 19.8 Å². The Balaban J connectivity index is 1.89. The topological polar surface area (TPSA) is 42.3 Å². The minimum atomic E-state index is 0.146. The molecule has 2 rings (SSSR count). The molecule has 3 heteroatoms. The van der Waals surface area contributed by atoms with Crippen LogP contribution in [0.1, 0.15) is 19.8 Å². The minimum Gasteiger partial charge on any atom is -0.341 e. The van der Waals surface area contributed by atoms with Crippen molar-refractivity contribution in [2.45, 2.75) is 31.8 Å². The molecule has 11 heavy (non-hydrogen) atoms. The molecule has 0 unspecified atom stereocenters. The molecule has 2 aliphatic rings. The second-order valence-electron chi connectivity index (χ2n) is 3.47. The predicted molar refractivity (Wildman–Crippen MR) is 42.2 cm³/mol. The van der Waals surface area contributed by atoms with Crippen molar-refractivity contribution in [3.63, 3.8) is 0 Å². The first-order valence-electron chi connectivity index (χ1n) is 4.34. The maximum atomic E-state index is 11.5. The fourth-order valence-corrected chi connectivity index (χ4v) is 1.65. The van der Waals surface area contributed by atoms with Crippen LogP contribution in [-0.2, 0) is 4.79 Å². The summed E-state index contributed by atoms with van der Waals surface area (Å²) in [4.78, 5) is 13.5. The van der Waals surface area contributed by atoms with E-state index in [9.17, 15) is 4.79 Å². The van der Waals surface area contributed by atoms with Crippen molar-refractivity contribution in [1.29, 1.82) is 0 Å². The van der Waals surface area contributed by atoms with Gasteiger partial charge in [0.05, 0.1) is 0 Å². The highest BCUT2D eigenvalue weighted by Crippen LogP contribution is 2.16. The zero-order valence-electron chi connectivity index (χ0n) is 6.84. The molecule has 0 radical (unpaired) electrons. The lowest BCUT2D eigenvalue weighted by Crippen LogP contribution is -2.33. The van der Waals surface area contributed by atoms with E-state index in [1.54, 1.807) is 0 Å². The molecule has 1 amide bonds. The summed E-state index contributed by atoms with van der Waals surface area (Å²) in [5, 5.41) is 3.12. The molecule has 0 aromatic heterocycles. The molecule has 62 valence electrons. The Morgan fingerprint density at radius 3 is 2.45 bits per heavy atom. The van der Waals surface area contributed by atoms with E-state index in [1.165, 1.54) is 12.8 Å². The van der Waals surface area contributed by atoms with Crippen LogP contribution >= 0.6 is 0 Å². The van der Waals surface area contributed by atoms with E-state index in [2.05, 4.69) is 12.2 Å². The summed E-state index contributed by atoms with van der Waals surface area (Å²) in [7, 11) is 0. The van der Waals surface area contributed by atoms with Crippen LogP contribution in [0.2, 0.25) is 0 Å². The number of carbonyl (C=O) groups is 1. The Morgan fingerprint density at radius 1 is 1.45 bits per heavy atom. The molecular formula is C8H14N2O. The molecule has 0 saturated carbocycles. The molecule has 2 fully saturated rings. The average molecular weight is 154 g/mol. The molecule has 1 N–H and O–H groups in total. The van der Waals surface area contributed by atoms with Gasteiger partial charge in [-0.15, -0.1) is 0 Å². The zero-order valence-corrected chi connectivity index (χ0v) is 6.84. The van der Waals surface area contributed by atoms with Gasteiger partial charge in [0.15, 0.2) is 0 Å². The number of likely N-dealkylation sites (tertiary alicyclic amines) is 1. The van der Waals surface area contributed by atoms with Crippen molar-refractivity contribution in [3.8, 4) is 0 Å². The van der Waals surface area contributed by atoms with Crippen molar-refractivity contribution in [2.75, 3.05) is 13.1 Å². The van der Waals surface area contributed by atoms with Gasteiger partial charge in [-0.3, -0.25) is 10.1 Å². The Morgan fingerprint density at radius 2 is 2.00 bits per heavy atom. The van der Waals surface area contributed by atoms with E-state index >= 15 is 0 Å². The maximum Gasteiger partial charge on any atom is 0.241 e. The largest absolute Gasteiger partial charge is 0.341 e. The quantitative estimate of drug-likeness (QED) is 0.539. The summed E-state index contributed by atoms with van der Waals surface area (Å²) in [6.07, 6.45) is 2.37. The third-order valence-electron chi connectivity index (χ3n) is 2.52. The van der Waals surface area contributed by atoms with E-state index < -0.39 is 0 Å². The molecule has 0 aliphatic carbocycles. The molecule has 2 heterocycles. The van der Waals surface area contributed by atoms with Crippen molar-refractivity contribution in [2.24, 2.45) is 0 Å². The van der Waals surface area contributed by atoms with Gasteiger partial charge in [-0.2, -0.15) is 0 Å². The van der Waals surface area contributed by atoms with Gasteiger partial charge < -0.3 is 4.90 Å². The fourth-order valence-electron chi connectivity index (χ4n) is 1.65. The normalized spacial score (nSPS) is 35.9. The predicted octanol–water partition coefficient (Wildman–Crippen LogP) is -0.0309. The molecule has 0 spiro atoms. The Bertz CT molecular complexity index is 175. The lowest BCUT2D eigenvalue weighted by atomic mass is 10.3. The van der Waals surface area contributed by atoms with Crippen LogP contribution < -0.4 is 5.32 Å². The minimum absolute atomic E-state index is 0.146. The van der Waals surface area contributed by atoms with Crippen LogP contribution in [0.5, 0.6) is 0 Å². The second-order valence-corrected chi connectivity index (χ2v) is 3.47. The molecular weight excluding hydrogens is 140 g/mol. The summed E-state index contributed by atoms with van der Waals surface area (Å²) in [6.45, 7) is 4.01. The number of nitrogens with zero attached hydrogens (tertiary/aromatic N) is 1. The Labute approximate surface area is 66.8 Å². The summed E-state index contributed by atoms with van der Waals surface area (Å²) in [5.74, 6) is 0.315. The van der Waals surface area contributed by atoms with E-state index in [1.807, 2.05) is 4.90 Å². The molecule has 2 saturated heterocycles. The number of amides is 1. The highest BCUT2D eigenvalue weighted by Gasteiger charge is 2.41. The van der Waals surface area contributed by atoms with Crippen molar-refractivity contribution in [1.82, 2.24) is 10.2 Å². The van der Waals surface area contributed by atoms with Crippen molar-refractivity contribution >= 4 is 5.91 Å². The molecule has 2 aliphatic heterocycles. The van der Waals surface area contributed by atoms with Crippen LogP contribution in [0.15, 0.2) is 0 Å². The Hall–Kier alpha value is -0.570. The van der Waals surface area contributed by atoms with Gasteiger partial charge in [0.25, 0.3) is 0 Å². The van der Waals surface area contributed by atoms with E-state index in [4.69, 9.17) is 0 Å². The van der Waals surface area contributed by atoms with Gasteiger partial charge in [-0.25, -0.2) is 0 Å². The average Bonchev–Trinajstić information content (AvgIpc) is 2.56. The van der Waals surface area contributed by atoms with Crippen LogP contribution in [0.25, 0.3) is 0 Å². The first kappa shape index (κ1) is 7.10. The van der Waals surface area contributed by atoms with E-state index in [0.29, 0.717) is 11.9 Å². The number of nitrogens with one attached hydrogen (secondary N) is 1. The molecule has 3 nitrogen and oxygen atoms in total. The second kappa shape index (κ2) is 2.48. The van der Waals surface area contributed by atoms with Gasteiger partial charge in [-0.1, -0.05) is 0 Å². The lowest BCUT2D eigenvalue weighted by Gasteiger charge is -2.13. The summed E-state index contributed by atoms with van der Waals surface area (Å²) >= 11 is 0. The number of hydrogen-bond donors (Lipinski definition) is 1. The molecule has 0 aromatic rings. The van der Waals surface area contributed by atoms with E-state index in [0.717, 1.165) is 13.1 Å².